The van der Waals surface area contributed by atoms with E-state index < -0.39 is 0 Å². The second-order valence-electron chi connectivity index (χ2n) is 5.79. The van der Waals surface area contributed by atoms with Gasteiger partial charge in [-0.05, 0) is 45.5 Å². The molecule has 0 radical (unpaired) electrons. The maximum Gasteiger partial charge on any atom is 0.270 e. The van der Waals surface area contributed by atoms with E-state index >= 15 is 0 Å². The number of nitrogens with zero attached hydrogens (tertiary/aromatic N) is 3. The highest BCUT2D eigenvalue weighted by Gasteiger charge is 2.08. The van der Waals surface area contributed by atoms with Crippen LogP contribution >= 0.6 is 0 Å². The zero-order valence-corrected chi connectivity index (χ0v) is 13.5. The van der Waals surface area contributed by atoms with Crippen molar-refractivity contribution in [3.05, 3.63) is 18.0 Å². The Morgan fingerprint density at radius 3 is 2.76 bits per heavy atom. The molecule has 0 bridgehead atoms. The molecular formula is C15H27N5O. The van der Waals surface area contributed by atoms with Crippen molar-refractivity contribution in [2.75, 3.05) is 39.0 Å². The van der Waals surface area contributed by atoms with Gasteiger partial charge in [-0.3, -0.25) is 4.79 Å². The summed E-state index contributed by atoms with van der Waals surface area (Å²) in [5.74, 6) is 0.986. The Labute approximate surface area is 127 Å². The van der Waals surface area contributed by atoms with Crippen molar-refractivity contribution in [1.29, 1.82) is 0 Å². The first-order valence-corrected chi connectivity index (χ1v) is 7.49. The Kier molecular flexibility index (Phi) is 7.68. The largest absolute Gasteiger partial charge is 0.354 e. The van der Waals surface area contributed by atoms with E-state index in [1.807, 2.05) is 14.1 Å². The van der Waals surface area contributed by atoms with Gasteiger partial charge in [0.1, 0.15) is 5.69 Å². The third-order valence-electron chi connectivity index (χ3n) is 2.96. The van der Waals surface area contributed by atoms with Gasteiger partial charge in [0.2, 0.25) is 5.95 Å². The van der Waals surface area contributed by atoms with Gasteiger partial charge < -0.3 is 15.5 Å². The van der Waals surface area contributed by atoms with E-state index in [2.05, 4.69) is 39.3 Å². The Bertz CT molecular complexity index is 434. The molecule has 1 aromatic heterocycles. The van der Waals surface area contributed by atoms with Crippen molar-refractivity contribution in [2.45, 2.75) is 26.7 Å². The van der Waals surface area contributed by atoms with Crippen molar-refractivity contribution in [1.82, 2.24) is 20.2 Å². The molecule has 6 heteroatoms. The van der Waals surface area contributed by atoms with Crippen LogP contribution in [0.2, 0.25) is 0 Å². The average Bonchev–Trinajstić information content (AvgIpc) is 2.43. The molecule has 6 nitrogen and oxygen atoms in total. The monoisotopic (exact) mass is 293 g/mol. The summed E-state index contributed by atoms with van der Waals surface area (Å²) in [7, 11) is 4.03. The molecule has 0 unspecified atom stereocenters. The summed E-state index contributed by atoms with van der Waals surface area (Å²) in [5.41, 5.74) is 0.405. The standard InChI is InChI=1S/C15H27N5O/c1-12(2)6-9-17-15-18-10-7-13(19-15)14(21)16-8-5-11-20(3)4/h7,10,12H,5-6,8-9,11H2,1-4H3,(H,16,21)(H,17,18,19). The molecular weight excluding hydrogens is 266 g/mol. The second kappa shape index (κ2) is 9.28. The highest BCUT2D eigenvalue weighted by Crippen LogP contribution is 2.03. The minimum Gasteiger partial charge on any atom is -0.354 e. The third kappa shape index (κ3) is 7.60. The number of amides is 1. The number of aromatic nitrogens is 2. The SMILES string of the molecule is CC(C)CCNc1nccc(C(=O)NCCCN(C)C)n1. The van der Waals surface area contributed by atoms with Crippen LogP contribution in [0, 0.1) is 5.92 Å². The van der Waals surface area contributed by atoms with Crippen LogP contribution in [0.4, 0.5) is 5.95 Å². The molecule has 2 N–H and O–H groups in total. The molecule has 0 saturated heterocycles. The first-order chi connectivity index (χ1) is 9.99. The third-order valence-corrected chi connectivity index (χ3v) is 2.96. The van der Waals surface area contributed by atoms with Gasteiger partial charge in [0.05, 0.1) is 0 Å². The molecule has 0 spiro atoms. The van der Waals surface area contributed by atoms with Crippen molar-refractivity contribution in [3.63, 3.8) is 0 Å². The van der Waals surface area contributed by atoms with Gasteiger partial charge in [-0.15, -0.1) is 0 Å². The number of nitrogens with one attached hydrogen (secondary N) is 2. The van der Waals surface area contributed by atoms with E-state index in [-0.39, 0.29) is 5.91 Å². The zero-order valence-electron chi connectivity index (χ0n) is 13.5. The Balaban J connectivity index is 2.41. The topological polar surface area (TPSA) is 70.2 Å². The molecule has 0 saturated carbocycles. The van der Waals surface area contributed by atoms with E-state index in [1.165, 1.54) is 0 Å². The van der Waals surface area contributed by atoms with Crippen LogP contribution in [0.1, 0.15) is 37.2 Å². The van der Waals surface area contributed by atoms with E-state index in [1.54, 1.807) is 12.3 Å². The molecule has 0 aliphatic carbocycles. The van der Waals surface area contributed by atoms with E-state index in [0.29, 0.717) is 24.1 Å². The van der Waals surface area contributed by atoms with Crippen LogP contribution in [-0.2, 0) is 0 Å². The van der Waals surface area contributed by atoms with Crippen molar-refractivity contribution >= 4 is 11.9 Å². The molecule has 118 valence electrons. The van der Waals surface area contributed by atoms with Gasteiger partial charge in [-0.25, -0.2) is 9.97 Å². The quantitative estimate of drug-likeness (QED) is 0.677. The summed E-state index contributed by atoms with van der Waals surface area (Å²) in [6.07, 6.45) is 3.58. The first kappa shape index (κ1) is 17.4. The van der Waals surface area contributed by atoms with Crippen LogP contribution < -0.4 is 10.6 Å². The Morgan fingerprint density at radius 1 is 1.33 bits per heavy atom. The predicted octanol–water partition coefficient (Wildman–Crippen LogP) is 1.62. The maximum absolute atomic E-state index is 12.0. The number of rotatable bonds is 9. The van der Waals surface area contributed by atoms with Crippen molar-refractivity contribution in [2.24, 2.45) is 5.92 Å². The molecule has 0 aliphatic rings. The summed E-state index contributed by atoms with van der Waals surface area (Å²) < 4.78 is 0. The van der Waals surface area contributed by atoms with Gasteiger partial charge in [0.15, 0.2) is 0 Å². The van der Waals surface area contributed by atoms with E-state index in [9.17, 15) is 4.79 Å². The average molecular weight is 293 g/mol. The smallest absolute Gasteiger partial charge is 0.270 e. The maximum atomic E-state index is 12.0. The molecule has 0 fully saturated rings. The lowest BCUT2D eigenvalue weighted by Gasteiger charge is -2.10. The van der Waals surface area contributed by atoms with Crippen LogP contribution in [-0.4, -0.2) is 54.5 Å². The summed E-state index contributed by atoms with van der Waals surface area (Å²) in [4.78, 5) is 22.4. The fraction of sp³-hybridized carbons (Fsp3) is 0.667. The van der Waals surface area contributed by atoms with Gasteiger partial charge >= 0.3 is 0 Å². The normalized spacial score (nSPS) is 11.0. The fourth-order valence-electron chi connectivity index (χ4n) is 1.73. The number of hydrogen-bond acceptors (Lipinski definition) is 5. The molecule has 0 atom stereocenters. The molecule has 1 rings (SSSR count). The Morgan fingerprint density at radius 2 is 2.10 bits per heavy atom. The molecule has 0 aromatic carbocycles. The van der Waals surface area contributed by atoms with Crippen molar-refractivity contribution < 1.29 is 4.79 Å². The summed E-state index contributed by atoms with van der Waals surface area (Å²) >= 11 is 0. The summed E-state index contributed by atoms with van der Waals surface area (Å²) in [5, 5.41) is 6.02. The van der Waals surface area contributed by atoms with Gasteiger partial charge in [0.25, 0.3) is 5.91 Å². The minimum atomic E-state index is -0.150. The molecule has 21 heavy (non-hydrogen) atoms. The van der Waals surface area contributed by atoms with Crippen LogP contribution in [0.5, 0.6) is 0 Å². The van der Waals surface area contributed by atoms with Crippen molar-refractivity contribution in [3.8, 4) is 0 Å². The van der Waals surface area contributed by atoms with Gasteiger partial charge in [0, 0.05) is 19.3 Å². The van der Waals surface area contributed by atoms with Gasteiger partial charge in [-0.2, -0.15) is 0 Å². The second-order valence-corrected chi connectivity index (χ2v) is 5.79. The van der Waals surface area contributed by atoms with E-state index in [4.69, 9.17) is 0 Å². The lowest BCUT2D eigenvalue weighted by Crippen LogP contribution is -2.28. The number of carbonyl (C=O) groups is 1. The highest BCUT2D eigenvalue weighted by atomic mass is 16.1. The fourth-order valence-corrected chi connectivity index (χ4v) is 1.73. The van der Waals surface area contributed by atoms with Crippen LogP contribution in [0.25, 0.3) is 0 Å². The number of hydrogen-bond donors (Lipinski definition) is 2. The first-order valence-electron chi connectivity index (χ1n) is 7.49. The molecule has 0 aliphatic heterocycles. The summed E-state index contributed by atoms with van der Waals surface area (Å²) in [6.45, 7) is 6.75. The predicted molar refractivity (Wildman–Crippen MR) is 85.5 cm³/mol. The summed E-state index contributed by atoms with van der Waals surface area (Å²) in [6, 6.07) is 1.63. The lowest BCUT2D eigenvalue weighted by atomic mass is 10.1. The van der Waals surface area contributed by atoms with Gasteiger partial charge in [-0.1, -0.05) is 13.8 Å². The minimum absolute atomic E-state index is 0.150. The molecule has 1 amide bonds. The zero-order chi connectivity index (χ0) is 15.7. The Hall–Kier alpha value is -1.69. The molecule has 1 aromatic rings. The highest BCUT2D eigenvalue weighted by molar-refractivity contribution is 5.92. The molecule has 1 heterocycles. The van der Waals surface area contributed by atoms with Crippen LogP contribution in [0.15, 0.2) is 12.3 Å². The number of anilines is 1. The van der Waals surface area contributed by atoms with Crippen LogP contribution in [0.3, 0.4) is 0 Å². The van der Waals surface area contributed by atoms with E-state index in [0.717, 1.165) is 25.9 Å². The lowest BCUT2D eigenvalue weighted by molar-refractivity contribution is 0.0947. The number of carbonyl (C=O) groups excluding carboxylic acids is 1.